The van der Waals surface area contributed by atoms with Crippen LogP contribution in [0.15, 0.2) is 24.3 Å². The molecule has 1 heterocycles. The summed E-state index contributed by atoms with van der Waals surface area (Å²) in [4.78, 5) is 10.5. The van der Waals surface area contributed by atoms with Gasteiger partial charge in [0.1, 0.15) is 18.4 Å². The van der Waals surface area contributed by atoms with Crippen LogP contribution in [0.2, 0.25) is 0 Å². The minimum Gasteiger partial charge on any atom is -0.530 e. The van der Waals surface area contributed by atoms with E-state index in [0.29, 0.717) is 24.7 Å². The van der Waals surface area contributed by atoms with E-state index in [-0.39, 0.29) is 17.0 Å². The van der Waals surface area contributed by atoms with Crippen molar-refractivity contribution < 1.29 is 24.2 Å². The second-order valence-electron chi connectivity index (χ2n) is 8.19. The van der Waals surface area contributed by atoms with Crippen LogP contribution in [0.3, 0.4) is 0 Å². The first-order valence-corrected chi connectivity index (χ1v) is 11.7. The average Bonchev–Trinajstić information content (AvgIpc) is 2.73. The fourth-order valence-electron chi connectivity index (χ4n) is 4.12. The number of hydrogen-bond donors (Lipinski definition) is 2. The molecule has 1 fully saturated rings. The van der Waals surface area contributed by atoms with Gasteiger partial charge in [0.2, 0.25) is 0 Å². The molecule has 1 aromatic rings. The van der Waals surface area contributed by atoms with Gasteiger partial charge in [-0.25, -0.2) is 0 Å². The molecule has 0 unspecified atom stereocenters. The van der Waals surface area contributed by atoms with Gasteiger partial charge in [-0.15, -0.1) is 17.0 Å². The third-order valence-electron chi connectivity index (χ3n) is 5.67. The first-order valence-electron chi connectivity index (χ1n) is 11.7. The summed E-state index contributed by atoms with van der Waals surface area (Å²) in [5.74, 6) is 0.553. The summed E-state index contributed by atoms with van der Waals surface area (Å²) in [6.07, 6.45) is 9.87. The summed E-state index contributed by atoms with van der Waals surface area (Å²) in [6.45, 7) is 10.2. The number of aliphatic hydroxyl groups is 1. The molecule has 0 radical (unpaired) electrons. The van der Waals surface area contributed by atoms with E-state index >= 15 is 0 Å². The highest BCUT2D eigenvalue weighted by atomic mass is 79.9. The number of nitrogens with one attached hydrogen (secondary N) is 1. The van der Waals surface area contributed by atoms with Gasteiger partial charge in [0, 0.05) is 0 Å². The number of halogens is 1. The van der Waals surface area contributed by atoms with Gasteiger partial charge in [-0.2, -0.15) is 0 Å². The highest BCUT2D eigenvalue weighted by molar-refractivity contribution is 8.93. The topological polar surface area (TPSA) is 81.6 Å². The number of likely N-dealkylation sites (tertiary alicyclic amines) is 1. The van der Waals surface area contributed by atoms with Crippen molar-refractivity contribution in [1.82, 2.24) is 0 Å². The van der Waals surface area contributed by atoms with Crippen molar-refractivity contribution in [3.8, 4) is 5.75 Å². The molecule has 0 aromatic heterocycles. The van der Waals surface area contributed by atoms with Gasteiger partial charge < -0.3 is 29.5 Å². The van der Waals surface area contributed by atoms with Crippen LogP contribution in [-0.2, 0) is 0 Å². The van der Waals surface area contributed by atoms with Crippen molar-refractivity contribution >= 4 is 28.8 Å². The largest absolute Gasteiger partial charge is 0.530 e. The smallest absolute Gasteiger partial charge is 0.142 e. The highest BCUT2D eigenvalue weighted by Gasteiger charge is 2.27. The molecule has 1 aromatic carbocycles. The number of anilines is 1. The number of ether oxygens (including phenoxy) is 1. The number of para-hydroxylation sites is 2. The molecule has 2 rings (SSSR count). The van der Waals surface area contributed by atoms with Gasteiger partial charge in [-0.3, -0.25) is 0 Å². The number of piperidine rings is 1. The lowest BCUT2D eigenvalue weighted by Gasteiger charge is -2.41. The number of carboxylic acid groups (broad SMARTS) is 1. The number of benzene rings is 1. The van der Waals surface area contributed by atoms with Gasteiger partial charge in [-0.1, -0.05) is 51.7 Å². The molecular formula is C24H43BrN2O4. The number of hydrogen-bond acceptors (Lipinski definition) is 4. The molecule has 0 saturated carbocycles. The summed E-state index contributed by atoms with van der Waals surface area (Å²) in [6, 6.07) is 6.96. The van der Waals surface area contributed by atoms with Crippen LogP contribution in [-0.4, -0.2) is 55.1 Å². The molecule has 1 aliphatic heterocycles. The molecule has 1 amide bonds. The zero-order valence-corrected chi connectivity index (χ0v) is 21.2. The molecule has 0 atom stereocenters. The molecular weight excluding hydrogens is 460 g/mol. The van der Waals surface area contributed by atoms with E-state index in [1.807, 2.05) is 6.07 Å². The highest BCUT2D eigenvalue weighted by Crippen LogP contribution is 2.23. The normalized spacial score (nSPS) is 14.5. The number of aliphatic hydroxyl groups excluding tert-OH is 1. The molecule has 0 spiro atoms. The zero-order valence-electron chi connectivity index (χ0n) is 19.4. The Labute approximate surface area is 199 Å². The van der Waals surface area contributed by atoms with Crippen molar-refractivity contribution in [3.05, 3.63) is 24.3 Å². The molecule has 0 bridgehead atoms. The van der Waals surface area contributed by atoms with Gasteiger partial charge in [0.15, 0.2) is 0 Å². The lowest BCUT2D eigenvalue weighted by molar-refractivity contribution is -0.932. The summed E-state index contributed by atoms with van der Waals surface area (Å²) in [5.41, 5.74) is 0.436. The predicted molar refractivity (Wildman–Crippen MR) is 131 cm³/mol. The average molecular weight is 504 g/mol. The fraction of sp³-hybridized carbons (Fsp3) is 0.708. The molecule has 31 heavy (non-hydrogen) atoms. The SMILES string of the molecule is Br.CCCCCCCOc1ccccc1NC(=O)[O-].CCC[N+]1(CCO)CCCCC1. The zero-order chi connectivity index (χ0) is 22.1. The van der Waals surface area contributed by atoms with Gasteiger partial charge in [0.25, 0.3) is 0 Å². The van der Waals surface area contributed by atoms with Crippen LogP contribution in [0.1, 0.15) is 71.6 Å². The number of quaternary nitrogens is 1. The Morgan fingerprint density at radius 1 is 1.03 bits per heavy atom. The Hall–Kier alpha value is -1.31. The minimum atomic E-state index is -1.33. The second kappa shape index (κ2) is 18.3. The van der Waals surface area contributed by atoms with Gasteiger partial charge in [-0.05, 0) is 44.2 Å². The van der Waals surface area contributed by atoms with Crippen molar-refractivity contribution in [2.75, 3.05) is 44.7 Å². The third kappa shape index (κ3) is 13.0. The Balaban J connectivity index is 0.000000605. The minimum absolute atomic E-state index is 0. The predicted octanol–water partition coefficient (Wildman–Crippen LogP) is 4.76. The lowest BCUT2D eigenvalue weighted by Crippen LogP contribution is -2.53. The summed E-state index contributed by atoms with van der Waals surface area (Å²) in [5, 5.41) is 21.7. The van der Waals surface area contributed by atoms with E-state index in [1.54, 1.807) is 18.2 Å². The maximum atomic E-state index is 10.5. The van der Waals surface area contributed by atoms with Crippen molar-refractivity contribution in [1.29, 1.82) is 0 Å². The second-order valence-corrected chi connectivity index (χ2v) is 8.19. The van der Waals surface area contributed by atoms with E-state index in [9.17, 15) is 9.90 Å². The van der Waals surface area contributed by atoms with Crippen LogP contribution in [0, 0.1) is 0 Å². The van der Waals surface area contributed by atoms with Crippen LogP contribution < -0.4 is 15.2 Å². The number of nitrogens with zero attached hydrogens (tertiary/aromatic N) is 1. The van der Waals surface area contributed by atoms with Crippen LogP contribution in [0.25, 0.3) is 0 Å². The van der Waals surface area contributed by atoms with Crippen LogP contribution >= 0.6 is 17.0 Å². The Kier molecular flexibility index (Phi) is 17.5. The van der Waals surface area contributed by atoms with E-state index < -0.39 is 6.09 Å². The Morgan fingerprint density at radius 2 is 1.71 bits per heavy atom. The van der Waals surface area contributed by atoms with E-state index in [2.05, 4.69) is 19.2 Å². The van der Waals surface area contributed by atoms with E-state index in [4.69, 9.17) is 9.84 Å². The third-order valence-corrected chi connectivity index (χ3v) is 5.67. The Morgan fingerprint density at radius 3 is 2.32 bits per heavy atom. The standard InChI is InChI=1S/C14H21NO3.C10H22NO.BrH/c1-2-3-4-5-8-11-18-13-10-7-6-9-12(13)15-14(16)17;1-2-6-11(9-10-12)7-4-3-5-8-11;/h6-7,9-10,15H,2-5,8,11H2,1H3,(H,16,17);12H,2-10H2,1H3;1H/q;+1;/p-1. The molecule has 7 heteroatoms. The van der Waals surface area contributed by atoms with Crippen LogP contribution in [0.5, 0.6) is 5.75 Å². The van der Waals surface area contributed by atoms with Crippen molar-refractivity contribution in [3.63, 3.8) is 0 Å². The summed E-state index contributed by atoms with van der Waals surface area (Å²) >= 11 is 0. The first kappa shape index (κ1) is 29.7. The number of rotatable bonds is 12. The van der Waals surface area contributed by atoms with Crippen LogP contribution in [0.4, 0.5) is 10.5 Å². The fourth-order valence-corrected chi connectivity index (χ4v) is 4.12. The molecule has 2 N–H and O–H groups in total. The monoisotopic (exact) mass is 502 g/mol. The maximum absolute atomic E-state index is 10.5. The van der Waals surface area contributed by atoms with E-state index in [1.165, 1.54) is 69.1 Å². The molecule has 6 nitrogen and oxygen atoms in total. The number of amides is 1. The van der Waals surface area contributed by atoms with Gasteiger partial charge >= 0.3 is 0 Å². The molecule has 0 aliphatic carbocycles. The van der Waals surface area contributed by atoms with E-state index in [0.717, 1.165) is 19.4 Å². The molecule has 1 saturated heterocycles. The van der Waals surface area contributed by atoms with Crippen molar-refractivity contribution in [2.45, 2.75) is 71.6 Å². The van der Waals surface area contributed by atoms with Crippen molar-refractivity contribution in [2.24, 2.45) is 0 Å². The molecule has 1 aliphatic rings. The quantitative estimate of drug-likeness (QED) is 0.318. The number of carbonyl (C=O) groups excluding carboxylic acids is 1. The summed E-state index contributed by atoms with van der Waals surface area (Å²) < 4.78 is 6.75. The lowest BCUT2D eigenvalue weighted by atomic mass is 10.1. The number of carbonyl (C=O) groups is 1. The first-order chi connectivity index (χ1) is 14.6. The number of unbranched alkanes of at least 4 members (excludes halogenated alkanes) is 4. The summed E-state index contributed by atoms with van der Waals surface area (Å²) in [7, 11) is 0. The Bertz CT molecular complexity index is 565. The molecule has 180 valence electrons. The maximum Gasteiger partial charge on any atom is 0.142 e. The van der Waals surface area contributed by atoms with Gasteiger partial charge in [0.05, 0.1) is 38.5 Å².